The van der Waals surface area contributed by atoms with Gasteiger partial charge in [-0.05, 0) is 124 Å². The molecule has 32 heavy (non-hydrogen) atoms. The standard InChI is InChI=1S/C14H18O2.2C7H10O/c1-5-3-9(13-11(5)15-13)7(1)8-2-6-4-10(8)14-12(6)16-14;2*1-2-7-4-5(1)3-6(7)8-7/h5-14H,1-4H2;2*5-6H,1-4H2. The van der Waals surface area contributed by atoms with E-state index in [4.69, 9.17) is 18.9 Å². The van der Waals surface area contributed by atoms with E-state index in [2.05, 4.69) is 0 Å². The van der Waals surface area contributed by atoms with Gasteiger partial charge >= 0.3 is 0 Å². The van der Waals surface area contributed by atoms with Crippen LogP contribution in [0.3, 0.4) is 0 Å². The molecule has 8 bridgehead atoms. The van der Waals surface area contributed by atoms with Crippen molar-refractivity contribution in [3.8, 4) is 0 Å². The lowest BCUT2D eigenvalue weighted by molar-refractivity contribution is 0.158. The monoisotopic (exact) mass is 438 g/mol. The van der Waals surface area contributed by atoms with Crippen LogP contribution in [0, 0.1) is 47.3 Å². The fourth-order valence-corrected chi connectivity index (χ4v) is 11.4. The summed E-state index contributed by atoms with van der Waals surface area (Å²) in [5.41, 5.74) is 0.954. The summed E-state index contributed by atoms with van der Waals surface area (Å²) in [5.74, 6) is 7.99. The molecule has 0 aromatic carbocycles. The van der Waals surface area contributed by atoms with Crippen LogP contribution in [-0.4, -0.2) is 47.8 Å². The van der Waals surface area contributed by atoms with Crippen molar-refractivity contribution < 1.29 is 18.9 Å². The number of epoxide rings is 4. The van der Waals surface area contributed by atoms with Gasteiger partial charge in [-0.2, -0.15) is 0 Å². The van der Waals surface area contributed by atoms with Gasteiger partial charge in [0.1, 0.15) is 0 Å². The maximum atomic E-state index is 5.82. The molecule has 16 atom stereocenters. The minimum Gasteiger partial charge on any atom is -0.369 e. The molecule has 12 rings (SSSR count). The normalized spacial score (nSPS) is 71.2. The van der Waals surface area contributed by atoms with E-state index in [1.807, 2.05) is 0 Å². The summed E-state index contributed by atoms with van der Waals surface area (Å²) in [6.45, 7) is 0. The highest BCUT2D eigenvalue weighted by Gasteiger charge is 2.70. The average Bonchev–Trinajstić information content (AvgIpc) is 3.75. The Hall–Kier alpha value is -0.160. The predicted molar refractivity (Wildman–Crippen MR) is 116 cm³/mol. The number of rotatable bonds is 1. The van der Waals surface area contributed by atoms with Crippen LogP contribution in [0.1, 0.15) is 77.0 Å². The topological polar surface area (TPSA) is 50.1 Å². The summed E-state index contributed by atoms with van der Waals surface area (Å²) >= 11 is 0. The summed E-state index contributed by atoms with van der Waals surface area (Å²) in [5, 5.41) is 0. The minimum atomic E-state index is 0.477. The Morgan fingerprint density at radius 1 is 0.500 bits per heavy atom. The molecule has 4 aliphatic heterocycles. The second-order valence-corrected chi connectivity index (χ2v) is 14.3. The van der Waals surface area contributed by atoms with E-state index < -0.39 is 0 Å². The van der Waals surface area contributed by atoms with Crippen molar-refractivity contribution in [2.75, 3.05) is 0 Å². The van der Waals surface area contributed by atoms with Crippen molar-refractivity contribution in [1.29, 1.82) is 0 Å². The molecule has 4 saturated heterocycles. The van der Waals surface area contributed by atoms with E-state index in [0.29, 0.717) is 35.6 Å². The van der Waals surface area contributed by atoms with Crippen LogP contribution in [0.15, 0.2) is 0 Å². The van der Waals surface area contributed by atoms with Crippen molar-refractivity contribution >= 4 is 0 Å². The first-order valence-electron chi connectivity index (χ1n) is 14.3. The Bertz CT molecular complexity index is 801. The first-order valence-corrected chi connectivity index (χ1v) is 14.3. The van der Waals surface area contributed by atoms with Gasteiger partial charge in [-0.3, -0.25) is 0 Å². The van der Waals surface area contributed by atoms with E-state index in [1.54, 1.807) is 0 Å². The highest BCUT2D eigenvalue weighted by atomic mass is 16.6. The van der Waals surface area contributed by atoms with Gasteiger partial charge < -0.3 is 18.9 Å². The number of ether oxygens (including phenoxy) is 4. The second-order valence-electron chi connectivity index (χ2n) is 14.3. The molecule has 0 amide bonds. The maximum Gasteiger partial charge on any atom is 0.0951 e. The molecule has 8 saturated carbocycles. The van der Waals surface area contributed by atoms with Crippen LogP contribution in [0.5, 0.6) is 0 Å². The number of hydrogen-bond acceptors (Lipinski definition) is 4. The zero-order valence-electron chi connectivity index (χ0n) is 19.2. The molecule has 2 spiro atoms. The molecule has 0 radical (unpaired) electrons. The third kappa shape index (κ3) is 2.30. The van der Waals surface area contributed by atoms with Crippen LogP contribution in [0.4, 0.5) is 0 Å². The molecular weight excluding hydrogens is 400 g/mol. The minimum absolute atomic E-state index is 0.477. The molecular formula is C28H38O4. The van der Waals surface area contributed by atoms with Crippen LogP contribution in [0.25, 0.3) is 0 Å². The van der Waals surface area contributed by atoms with Gasteiger partial charge in [0, 0.05) is 0 Å². The third-order valence-corrected chi connectivity index (χ3v) is 13.0. The quantitative estimate of drug-likeness (QED) is 0.566. The molecule has 174 valence electrons. The fraction of sp³-hybridized carbons (Fsp3) is 1.00. The lowest BCUT2D eigenvalue weighted by Gasteiger charge is -2.31. The molecule has 16 unspecified atom stereocenters. The van der Waals surface area contributed by atoms with Gasteiger partial charge in [-0.15, -0.1) is 0 Å². The van der Waals surface area contributed by atoms with E-state index in [0.717, 1.165) is 59.6 Å². The average molecular weight is 439 g/mol. The Morgan fingerprint density at radius 2 is 0.969 bits per heavy atom. The summed E-state index contributed by atoms with van der Waals surface area (Å²) in [4.78, 5) is 0. The Morgan fingerprint density at radius 3 is 1.25 bits per heavy atom. The maximum absolute atomic E-state index is 5.82. The molecule has 4 nitrogen and oxygen atoms in total. The molecule has 0 N–H and O–H groups in total. The van der Waals surface area contributed by atoms with Gasteiger partial charge in [0.05, 0.1) is 47.8 Å². The Labute approximate surface area is 191 Å². The molecule has 12 fully saturated rings. The molecule has 4 heteroatoms. The second kappa shape index (κ2) is 5.63. The zero-order valence-corrected chi connectivity index (χ0v) is 19.2. The van der Waals surface area contributed by atoms with Gasteiger partial charge in [0.25, 0.3) is 0 Å². The van der Waals surface area contributed by atoms with Crippen LogP contribution in [0.2, 0.25) is 0 Å². The van der Waals surface area contributed by atoms with Gasteiger partial charge in [-0.25, -0.2) is 0 Å². The van der Waals surface area contributed by atoms with E-state index >= 15 is 0 Å². The highest BCUT2D eigenvalue weighted by molar-refractivity contribution is 5.18. The molecule has 0 aromatic heterocycles. The molecule has 8 aliphatic carbocycles. The molecule has 12 aliphatic rings. The summed E-state index contributed by atoms with van der Waals surface area (Å²) in [6, 6.07) is 0. The number of hydrogen-bond donors (Lipinski definition) is 0. The first kappa shape index (κ1) is 18.2. The third-order valence-electron chi connectivity index (χ3n) is 13.0. The summed E-state index contributed by atoms with van der Waals surface area (Å²) in [6.07, 6.45) is 21.5. The lowest BCUT2D eigenvalue weighted by Crippen LogP contribution is -2.31. The van der Waals surface area contributed by atoms with E-state index in [1.165, 1.54) is 77.0 Å². The largest absolute Gasteiger partial charge is 0.369 e. The molecule has 0 aromatic rings. The zero-order chi connectivity index (χ0) is 20.4. The van der Waals surface area contributed by atoms with Crippen molar-refractivity contribution in [2.45, 2.75) is 125 Å². The highest BCUT2D eigenvalue weighted by Crippen LogP contribution is 2.68. The SMILES string of the molecule is C1C2CC(C1C1CC3CC1C1OC31)C1OC21.C1CC23CC1CC2O3.C1CC23CC1CC2O3. The van der Waals surface area contributed by atoms with E-state index in [9.17, 15) is 0 Å². The lowest BCUT2D eigenvalue weighted by atomic mass is 9.72. The van der Waals surface area contributed by atoms with Gasteiger partial charge in [0.15, 0.2) is 0 Å². The smallest absolute Gasteiger partial charge is 0.0951 e. The van der Waals surface area contributed by atoms with Gasteiger partial charge in [0.2, 0.25) is 0 Å². The van der Waals surface area contributed by atoms with Crippen molar-refractivity contribution in [3.05, 3.63) is 0 Å². The van der Waals surface area contributed by atoms with Crippen LogP contribution >= 0.6 is 0 Å². The summed E-state index contributed by atoms with van der Waals surface area (Å²) in [7, 11) is 0. The molecule has 4 heterocycles. The predicted octanol–water partition coefficient (Wildman–Crippen LogP) is 4.49. The van der Waals surface area contributed by atoms with Crippen molar-refractivity contribution in [1.82, 2.24) is 0 Å². The van der Waals surface area contributed by atoms with Crippen LogP contribution < -0.4 is 0 Å². The van der Waals surface area contributed by atoms with Crippen molar-refractivity contribution in [3.63, 3.8) is 0 Å². The van der Waals surface area contributed by atoms with Crippen LogP contribution in [-0.2, 0) is 18.9 Å². The summed E-state index contributed by atoms with van der Waals surface area (Å²) < 4.78 is 22.7. The van der Waals surface area contributed by atoms with E-state index in [-0.39, 0.29) is 0 Å². The van der Waals surface area contributed by atoms with Crippen molar-refractivity contribution in [2.24, 2.45) is 47.3 Å². The fourth-order valence-electron chi connectivity index (χ4n) is 11.4. The first-order chi connectivity index (χ1) is 15.7. The Kier molecular flexibility index (Phi) is 3.19. The Balaban J connectivity index is 0.0000000800. The van der Waals surface area contributed by atoms with Gasteiger partial charge in [-0.1, -0.05) is 0 Å². The number of fused-ring (bicyclic) bond motifs is 12.